The summed E-state index contributed by atoms with van der Waals surface area (Å²) in [6.07, 6.45) is 1.32. The molecule has 0 spiro atoms. The number of likely N-dealkylation sites (N-methyl/N-ethyl adjacent to an activating group) is 1. The average molecular weight is 262 g/mol. The highest BCUT2D eigenvalue weighted by atomic mass is 16.3. The van der Waals surface area contributed by atoms with Crippen molar-refractivity contribution in [2.45, 2.75) is 31.5 Å². The van der Waals surface area contributed by atoms with E-state index < -0.39 is 12.1 Å². The number of carbonyl (C=O) groups excluding carboxylic acids is 1. The van der Waals surface area contributed by atoms with E-state index in [1.807, 2.05) is 30.3 Å². The van der Waals surface area contributed by atoms with Crippen LogP contribution in [-0.4, -0.2) is 35.0 Å². The molecule has 104 valence electrons. The van der Waals surface area contributed by atoms with E-state index in [4.69, 9.17) is 5.73 Å². The number of nitrogens with zero attached hydrogens (tertiary/aromatic N) is 1. The highest BCUT2D eigenvalue weighted by Gasteiger charge is 2.26. The SMILES string of the molecule is C=CC[C@@H](N)C(=O)N(C)[C@@H](C)[C@@H](O)c1ccccc1. The first-order chi connectivity index (χ1) is 8.99. The first kappa shape index (κ1) is 15.4. The van der Waals surface area contributed by atoms with Gasteiger partial charge in [-0.25, -0.2) is 0 Å². The third kappa shape index (κ3) is 3.91. The number of rotatable bonds is 6. The number of hydrogen-bond donors (Lipinski definition) is 2. The molecule has 0 unspecified atom stereocenters. The molecule has 3 atom stereocenters. The Labute approximate surface area is 114 Å². The molecule has 19 heavy (non-hydrogen) atoms. The van der Waals surface area contributed by atoms with Crippen molar-refractivity contribution in [1.82, 2.24) is 4.90 Å². The van der Waals surface area contributed by atoms with Crippen molar-refractivity contribution >= 4 is 5.91 Å². The second kappa shape index (κ2) is 7.07. The van der Waals surface area contributed by atoms with Gasteiger partial charge in [-0.1, -0.05) is 36.4 Å². The van der Waals surface area contributed by atoms with E-state index in [0.29, 0.717) is 6.42 Å². The Balaban J connectivity index is 2.73. The van der Waals surface area contributed by atoms with Crippen molar-refractivity contribution in [2.75, 3.05) is 7.05 Å². The van der Waals surface area contributed by atoms with Gasteiger partial charge in [0.05, 0.1) is 18.2 Å². The number of aliphatic hydroxyl groups excluding tert-OH is 1. The molecule has 1 amide bonds. The highest BCUT2D eigenvalue weighted by Crippen LogP contribution is 2.20. The highest BCUT2D eigenvalue weighted by molar-refractivity contribution is 5.81. The van der Waals surface area contributed by atoms with Crippen LogP contribution in [0, 0.1) is 0 Å². The Morgan fingerprint density at radius 3 is 2.58 bits per heavy atom. The van der Waals surface area contributed by atoms with E-state index >= 15 is 0 Å². The van der Waals surface area contributed by atoms with E-state index in [9.17, 15) is 9.90 Å². The number of aliphatic hydroxyl groups is 1. The van der Waals surface area contributed by atoms with Crippen molar-refractivity contribution in [3.63, 3.8) is 0 Å². The summed E-state index contributed by atoms with van der Waals surface area (Å²) in [5.74, 6) is -0.192. The fourth-order valence-electron chi connectivity index (χ4n) is 1.88. The fraction of sp³-hybridized carbons (Fsp3) is 0.400. The van der Waals surface area contributed by atoms with Gasteiger partial charge in [0.2, 0.25) is 5.91 Å². The maximum absolute atomic E-state index is 12.1. The summed E-state index contributed by atoms with van der Waals surface area (Å²) < 4.78 is 0. The Morgan fingerprint density at radius 2 is 2.05 bits per heavy atom. The molecular formula is C15H22N2O2. The first-order valence-corrected chi connectivity index (χ1v) is 6.35. The largest absolute Gasteiger partial charge is 0.386 e. The van der Waals surface area contributed by atoms with Gasteiger partial charge in [0.25, 0.3) is 0 Å². The van der Waals surface area contributed by atoms with Crippen molar-refractivity contribution in [2.24, 2.45) is 5.73 Å². The average Bonchev–Trinajstić information content (AvgIpc) is 2.45. The van der Waals surface area contributed by atoms with Gasteiger partial charge in [-0.05, 0) is 18.9 Å². The van der Waals surface area contributed by atoms with Gasteiger partial charge in [-0.15, -0.1) is 6.58 Å². The zero-order chi connectivity index (χ0) is 14.4. The second-order valence-electron chi connectivity index (χ2n) is 4.68. The van der Waals surface area contributed by atoms with E-state index in [-0.39, 0.29) is 11.9 Å². The quantitative estimate of drug-likeness (QED) is 0.763. The minimum absolute atomic E-state index is 0.192. The molecule has 0 saturated heterocycles. The summed E-state index contributed by atoms with van der Waals surface area (Å²) in [6.45, 7) is 5.37. The van der Waals surface area contributed by atoms with Crippen molar-refractivity contribution in [3.8, 4) is 0 Å². The van der Waals surface area contributed by atoms with Crippen LogP contribution >= 0.6 is 0 Å². The third-order valence-electron chi connectivity index (χ3n) is 3.29. The molecule has 0 bridgehead atoms. The molecule has 1 aromatic carbocycles. The minimum atomic E-state index is -0.730. The predicted octanol–water partition coefficient (Wildman–Crippen LogP) is 1.47. The lowest BCUT2D eigenvalue weighted by molar-refractivity contribution is -0.135. The Morgan fingerprint density at radius 1 is 1.47 bits per heavy atom. The lowest BCUT2D eigenvalue weighted by Gasteiger charge is -2.31. The molecule has 4 nitrogen and oxygen atoms in total. The molecule has 3 N–H and O–H groups in total. The van der Waals surface area contributed by atoms with Crippen LogP contribution in [0.5, 0.6) is 0 Å². The summed E-state index contributed by atoms with van der Waals surface area (Å²) >= 11 is 0. The minimum Gasteiger partial charge on any atom is -0.386 e. The van der Waals surface area contributed by atoms with Crippen molar-refractivity contribution < 1.29 is 9.90 Å². The van der Waals surface area contributed by atoms with Crippen LogP contribution in [0.15, 0.2) is 43.0 Å². The van der Waals surface area contributed by atoms with Crippen LogP contribution in [0.4, 0.5) is 0 Å². The molecule has 0 fully saturated rings. The summed E-state index contributed by atoms with van der Waals surface area (Å²) in [7, 11) is 1.65. The zero-order valence-corrected chi connectivity index (χ0v) is 11.5. The lowest BCUT2D eigenvalue weighted by Crippen LogP contribution is -2.47. The number of amides is 1. The Bertz CT molecular complexity index is 419. The molecule has 0 aliphatic rings. The number of benzene rings is 1. The molecule has 1 aromatic rings. The molecule has 4 heteroatoms. The van der Waals surface area contributed by atoms with E-state index in [1.165, 1.54) is 4.90 Å². The topological polar surface area (TPSA) is 66.6 Å². The van der Waals surface area contributed by atoms with E-state index in [2.05, 4.69) is 6.58 Å². The maximum Gasteiger partial charge on any atom is 0.239 e. The molecular weight excluding hydrogens is 240 g/mol. The lowest BCUT2D eigenvalue weighted by atomic mass is 10.0. The molecule has 0 heterocycles. The van der Waals surface area contributed by atoms with Crippen LogP contribution < -0.4 is 5.73 Å². The normalized spacial score (nSPS) is 15.4. The number of hydrogen-bond acceptors (Lipinski definition) is 3. The molecule has 1 rings (SSSR count). The maximum atomic E-state index is 12.1. The fourth-order valence-corrected chi connectivity index (χ4v) is 1.88. The standard InChI is InChI=1S/C15H22N2O2/c1-4-8-13(16)15(19)17(3)11(2)14(18)12-9-6-5-7-10-12/h4-7,9-11,13-14,18H,1,8,16H2,2-3H3/t11-,13+,14+/m0/s1. The van der Waals surface area contributed by atoms with Crippen molar-refractivity contribution in [1.29, 1.82) is 0 Å². The van der Waals surface area contributed by atoms with Gasteiger partial charge in [0.1, 0.15) is 0 Å². The second-order valence-corrected chi connectivity index (χ2v) is 4.68. The summed E-state index contributed by atoms with van der Waals surface area (Å²) in [5.41, 5.74) is 6.55. The van der Waals surface area contributed by atoms with Crippen LogP contribution in [0.1, 0.15) is 25.0 Å². The first-order valence-electron chi connectivity index (χ1n) is 6.35. The molecule has 0 aliphatic heterocycles. The van der Waals surface area contributed by atoms with Crippen LogP contribution in [-0.2, 0) is 4.79 Å². The Kier molecular flexibility index (Phi) is 5.73. The summed E-state index contributed by atoms with van der Waals surface area (Å²) in [4.78, 5) is 13.5. The number of carbonyl (C=O) groups is 1. The van der Waals surface area contributed by atoms with Crippen LogP contribution in [0.3, 0.4) is 0 Å². The third-order valence-corrected chi connectivity index (χ3v) is 3.29. The smallest absolute Gasteiger partial charge is 0.239 e. The van der Waals surface area contributed by atoms with Gasteiger partial charge >= 0.3 is 0 Å². The Hall–Kier alpha value is -1.65. The summed E-state index contributed by atoms with van der Waals surface area (Å²) in [6, 6.07) is 8.33. The summed E-state index contributed by atoms with van der Waals surface area (Å²) in [5, 5.41) is 10.3. The zero-order valence-electron chi connectivity index (χ0n) is 11.5. The van der Waals surface area contributed by atoms with Gasteiger partial charge in [0, 0.05) is 7.05 Å². The number of nitrogens with two attached hydrogens (primary N) is 1. The molecule has 0 aliphatic carbocycles. The molecule has 0 saturated carbocycles. The van der Waals surface area contributed by atoms with Crippen LogP contribution in [0.2, 0.25) is 0 Å². The predicted molar refractivity (Wildman–Crippen MR) is 76.4 cm³/mol. The van der Waals surface area contributed by atoms with Crippen LogP contribution in [0.25, 0.3) is 0 Å². The molecule has 0 radical (unpaired) electrons. The van der Waals surface area contributed by atoms with Gasteiger partial charge in [-0.2, -0.15) is 0 Å². The van der Waals surface area contributed by atoms with E-state index in [0.717, 1.165) is 5.56 Å². The monoisotopic (exact) mass is 262 g/mol. The van der Waals surface area contributed by atoms with Gasteiger partial charge < -0.3 is 15.7 Å². The van der Waals surface area contributed by atoms with Crippen molar-refractivity contribution in [3.05, 3.63) is 48.6 Å². The molecule has 0 aromatic heterocycles. The van der Waals surface area contributed by atoms with Gasteiger partial charge in [0.15, 0.2) is 0 Å². The van der Waals surface area contributed by atoms with Gasteiger partial charge in [-0.3, -0.25) is 4.79 Å². The van der Waals surface area contributed by atoms with E-state index in [1.54, 1.807) is 20.0 Å².